The fourth-order valence-corrected chi connectivity index (χ4v) is 6.21. The van der Waals surface area contributed by atoms with Crippen LogP contribution < -0.4 is 9.62 Å². The molecular formula is C27H29IN2O3S. The first-order valence-corrected chi connectivity index (χ1v) is 14.1. The van der Waals surface area contributed by atoms with Crippen molar-refractivity contribution >= 4 is 44.2 Å². The summed E-state index contributed by atoms with van der Waals surface area (Å²) in [6.45, 7) is 1.74. The molecular weight excluding hydrogens is 559 g/mol. The molecule has 0 saturated carbocycles. The van der Waals surface area contributed by atoms with Crippen LogP contribution in [0.4, 0.5) is 5.69 Å². The quantitative estimate of drug-likeness (QED) is 0.347. The van der Waals surface area contributed by atoms with Crippen molar-refractivity contribution in [1.82, 2.24) is 5.32 Å². The minimum atomic E-state index is -3.91. The molecule has 0 aliphatic heterocycles. The van der Waals surface area contributed by atoms with Gasteiger partial charge >= 0.3 is 0 Å². The summed E-state index contributed by atoms with van der Waals surface area (Å²) in [7, 11) is -3.91. The molecule has 1 N–H and O–H groups in total. The minimum Gasteiger partial charge on any atom is -0.348 e. The van der Waals surface area contributed by atoms with E-state index in [9.17, 15) is 13.2 Å². The first-order chi connectivity index (χ1) is 16.4. The number of benzene rings is 3. The number of fused-ring (bicyclic) bond motifs is 1. The molecule has 1 atom stereocenters. The lowest BCUT2D eigenvalue weighted by atomic mass is 9.89. The average Bonchev–Trinajstić information content (AvgIpc) is 2.86. The van der Waals surface area contributed by atoms with Crippen LogP contribution in [0.1, 0.15) is 48.9 Å². The molecule has 0 saturated heterocycles. The van der Waals surface area contributed by atoms with E-state index in [0.29, 0.717) is 5.69 Å². The lowest BCUT2D eigenvalue weighted by Gasteiger charge is -2.26. The molecule has 178 valence electrons. The molecule has 0 spiro atoms. The highest BCUT2D eigenvalue weighted by Crippen LogP contribution is 2.27. The van der Waals surface area contributed by atoms with Gasteiger partial charge in [-0.3, -0.25) is 9.10 Å². The van der Waals surface area contributed by atoms with Gasteiger partial charge in [-0.2, -0.15) is 0 Å². The molecule has 0 radical (unpaired) electrons. The van der Waals surface area contributed by atoms with Gasteiger partial charge in [-0.15, -0.1) is 0 Å². The van der Waals surface area contributed by atoms with Crippen LogP contribution in [0.15, 0.2) is 77.7 Å². The number of nitrogens with zero attached hydrogens (tertiary/aromatic N) is 1. The number of rotatable bonds is 8. The van der Waals surface area contributed by atoms with E-state index in [4.69, 9.17) is 0 Å². The number of carbonyl (C=O) groups is 1. The Bertz CT molecular complexity index is 1240. The molecule has 7 heteroatoms. The fraction of sp³-hybridized carbons (Fsp3) is 0.296. The third kappa shape index (κ3) is 5.63. The fourth-order valence-electron chi connectivity index (χ4n) is 4.40. The Kier molecular flexibility index (Phi) is 7.93. The zero-order chi connectivity index (χ0) is 24.1. The smallest absolute Gasteiger partial charge is 0.264 e. The Morgan fingerprint density at radius 1 is 0.971 bits per heavy atom. The normalized spacial score (nSPS) is 14.2. The summed E-state index contributed by atoms with van der Waals surface area (Å²) in [4.78, 5) is 13.3. The van der Waals surface area contributed by atoms with Gasteiger partial charge in [0, 0.05) is 3.57 Å². The lowest BCUT2D eigenvalue weighted by molar-refractivity contribution is -0.120. The maximum atomic E-state index is 13.5. The summed E-state index contributed by atoms with van der Waals surface area (Å²) in [5.74, 6) is -0.331. The van der Waals surface area contributed by atoms with Crippen molar-refractivity contribution in [2.24, 2.45) is 0 Å². The molecule has 4 rings (SSSR count). The molecule has 1 aliphatic rings. The van der Waals surface area contributed by atoms with Crippen LogP contribution in [0.25, 0.3) is 0 Å². The second-order valence-electron chi connectivity index (χ2n) is 8.56. The van der Waals surface area contributed by atoms with Crippen molar-refractivity contribution in [3.8, 4) is 0 Å². The molecule has 0 aromatic heterocycles. The summed E-state index contributed by atoms with van der Waals surface area (Å²) in [5, 5.41) is 3.08. The van der Waals surface area contributed by atoms with Crippen LogP contribution >= 0.6 is 22.6 Å². The van der Waals surface area contributed by atoms with Crippen molar-refractivity contribution in [3.63, 3.8) is 0 Å². The zero-order valence-electron chi connectivity index (χ0n) is 19.2. The van der Waals surface area contributed by atoms with Gasteiger partial charge in [0.1, 0.15) is 6.54 Å². The Hall–Kier alpha value is -2.39. The predicted molar refractivity (Wildman–Crippen MR) is 144 cm³/mol. The Morgan fingerprint density at radius 2 is 1.65 bits per heavy atom. The van der Waals surface area contributed by atoms with Crippen LogP contribution in [0.5, 0.6) is 0 Å². The van der Waals surface area contributed by atoms with Gasteiger partial charge < -0.3 is 5.32 Å². The summed E-state index contributed by atoms with van der Waals surface area (Å²) in [6.07, 6.45) is 5.33. The molecule has 0 unspecified atom stereocenters. The Labute approximate surface area is 215 Å². The average molecular weight is 589 g/mol. The van der Waals surface area contributed by atoms with Gasteiger partial charge in [0.05, 0.1) is 16.6 Å². The second kappa shape index (κ2) is 10.9. The van der Waals surface area contributed by atoms with Gasteiger partial charge in [0.25, 0.3) is 10.0 Å². The number of aryl methyl sites for hydroxylation is 2. The highest BCUT2D eigenvalue weighted by Gasteiger charge is 2.28. The van der Waals surface area contributed by atoms with Crippen molar-refractivity contribution < 1.29 is 13.2 Å². The standard InChI is InChI=1S/C27H29IN2O3S/c1-2-26(22-13-12-20-8-6-7-9-21(20)18-22)29-27(31)19-30(24-16-14-23(28)15-17-24)34(32,33)25-10-4-3-5-11-25/h3-5,10-18,26H,2,6-9,19H2,1H3,(H,29,31)/t26-/m1/s1. The van der Waals surface area contributed by atoms with Crippen molar-refractivity contribution in [1.29, 1.82) is 0 Å². The number of amides is 1. The van der Waals surface area contributed by atoms with E-state index in [2.05, 4.69) is 46.1 Å². The van der Waals surface area contributed by atoms with Gasteiger partial charge in [-0.1, -0.05) is 43.3 Å². The number of anilines is 1. The van der Waals surface area contributed by atoms with Gasteiger partial charge in [-0.25, -0.2) is 8.42 Å². The largest absolute Gasteiger partial charge is 0.348 e. The lowest BCUT2D eigenvalue weighted by Crippen LogP contribution is -2.42. The number of nitrogens with one attached hydrogen (secondary N) is 1. The van der Waals surface area contributed by atoms with Crippen molar-refractivity contribution in [3.05, 3.63) is 93.1 Å². The molecule has 34 heavy (non-hydrogen) atoms. The molecule has 0 fully saturated rings. The summed E-state index contributed by atoms with van der Waals surface area (Å²) in [6, 6.07) is 21.7. The maximum absolute atomic E-state index is 13.5. The van der Waals surface area contributed by atoms with E-state index >= 15 is 0 Å². The monoisotopic (exact) mass is 588 g/mol. The van der Waals surface area contributed by atoms with Crippen LogP contribution in [-0.2, 0) is 27.7 Å². The first-order valence-electron chi connectivity index (χ1n) is 11.6. The first kappa shape index (κ1) is 24.7. The SMILES string of the molecule is CC[C@@H](NC(=O)CN(c1ccc(I)cc1)S(=O)(=O)c1ccccc1)c1ccc2c(c1)CCCC2. The van der Waals surface area contributed by atoms with Crippen LogP contribution in [-0.4, -0.2) is 20.9 Å². The van der Waals surface area contributed by atoms with E-state index in [0.717, 1.165) is 28.4 Å². The number of hydrogen-bond acceptors (Lipinski definition) is 3. The third-order valence-corrected chi connectivity index (χ3v) is 8.76. The number of sulfonamides is 1. The molecule has 0 bridgehead atoms. The molecule has 5 nitrogen and oxygen atoms in total. The van der Waals surface area contributed by atoms with Gasteiger partial charge in [-0.05, 0) is 108 Å². The van der Waals surface area contributed by atoms with E-state index in [1.807, 2.05) is 19.1 Å². The van der Waals surface area contributed by atoms with Crippen LogP contribution in [0.3, 0.4) is 0 Å². The zero-order valence-corrected chi connectivity index (χ0v) is 22.2. The van der Waals surface area contributed by atoms with Gasteiger partial charge in [0.2, 0.25) is 5.91 Å². The highest BCUT2D eigenvalue weighted by atomic mass is 127. The summed E-state index contributed by atoms with van der Waals surface area (Å²) < 4.78 is 29.1. The Balaban J connectivity index is 1.58. The molecule has 1 amide bonds. The van der Waals surface area contributed by atoms with Crippen LogP contribution in [0.2, 0.25) is 0 Å². The van der Waals surface area contributed by atoms with Gasteiger partial charge in [0.15, 0.2) is 0 Å². The van der Waals surface area contributed by atoms with Crippen molar-refractivity contribution in [2.75, 3.05) is 10.8 Å². The highest BCUT2D eigenvalue weighted by molar-refractivity contribution is 14.1. The second-order valence-corrected chi connectivity index (χ2v) is 11.7. The van der Waals surface area contributed by atoms with E-state index in [-0.39, 0.29) is 23.4 Å². The van der Waals surface area contributed by atoms with E-state index < -0.39 is 10.0 Å². The molecule has 3 aromatic carbocycles. The van der Waals surface area contributed by atoms with Crippen molar-refractivity contribution in [2.45, 2.75) is 50.0 Å². The minimum absolute atomic E-state index is 0.156. The molecule has 3 aromatic rings. The molecule has 0 heterocycles. The summed E-state index contributed by atoms with van der Waals surface area (Å²) in [5.41, 5.74) is 4.29. The molecule has 1 aliphatic carbocycles. The Morgan fingerprint density at radius 3 is 2.32 bits per heavy atom. The van der Waals surface area contributed by atoms with E-state index in [1.165, 1.54) is 28.3 Å². The third-order valence-electron chi connectivity index (χ3n) is 6.25. The number of carbonyl (C=O) groups excluding carboxylic acids is 1. The number of halogens is 1. The summed E-state index contributed by atoms with van der Waals surface area (Å²) >= 11 is 2.17. The number of hydrogen-bond donors (Lipinski definition) is 1. The predicted octanol–water partition coefficient (Wildman–Crippen LogP) is 5.63. The van der Waals surface area contributed by atoms with E-state index in [1.54, 1.807) is 42.5 Å². The topological polar surface area (TPSA) is 66.5 Å². The van der Waals surface area contributed by atoms with Crippen LogP contribution in [0, 0.1) is 3.57 Å². The maximum Gasteiger partial charge on any atom is 0.264 e.